The molecule has 0 bridgehead atoms. The van der Waals surface area contributed by atoms with Crippen LogP contribution in [0.3, 0.4) is 0 Å². The molecule has 0 amide bonds. The quantitative estimate of drug-likeness (QED) is 0.599. The smallest absolute Gasteiger partial charge is 0.0890 e. The molecule has 0 radical (unpaired) electrons. The molecule has 13 heavy (non-hydrogen) atoms. The van der Waals surface area contributed by atoms with Gasteiger partial charge in [0.25, 0.3) is 0 Å². The Bertz CT molecular complexity index is 238. The standard InChI is InChI=1S/C11H19ClO/c1-9(2)5-4-6-10(3)8(12)11(10,13)7-9/h8,13H,4-7H2,1-3H3. The molecular weight excluding hydrogens is 184 g/mol. The van der Waals surface area contributed by atoms with Gasteiger partial charge in [-0.15, -0.1) is 11.6 Å². The second-order valence-corrected chi connectivity index (χ2v) is 6.34. The molecule has 76 valence electrons. The predicted octanol–water partition coefficient (Wildman–Crippen LogP) is 2.95. The highest BCUT2D eigenvalue weighted by Crippen LogP contribution is 2.68. The van der Waals surface area contributed by atoms with Crippen molar-refractivity contribution in [3.8, 4) is 0 Å². The van der Waals surface area contributed by atoms with Crippen molar-refractivity contribution >= 4 is 11.6 Å². The van der Waals surface area contributed by atoms with E-state index in [1.165, 1.54) is 12.8 Å². The van der Waals surface area contributed by atoms with Crippen molar-refractivity contribution in [2.45, 2.75) is 57.4 Å². The number of fused-ring (bicyclic) bond motifs is 1. The molecule has 2 heteroatoms. The molecule has 0 saturated heterocycles. The lowest BCUT2D eigenvalue weighted by Crippen LogP contribution is -2.24. The summed E-state index contributed by atoms with van der Waals surface area (Å²) in [5.74, 6) is 0. The Kier molecular flexibility index (Phi) is 1.83. The van der Waals surface area contributed by atoms with Gasteiger partial charge in [-0.05, 0) is 24.7 Å². The maximum absolute atomic E-state index is 10.4. The summed E-state index contributed by atoms with van der Waals surface area (Å²) < 4.78 is 0. The number of halogens is 1. The average molecular weight is 203 g/mol. The number of hydrogen-bond acceptors (Lipinski definition) is 1. The second kappa shape index (κ2) is 2.43. The molecule has 3 unspecified atom stereocenters. The van der Waals surface area contributed by atoms with Gasteiger partial charge in [0.15, 0.2) is 0 Å². The Hall–Kier alpha value is 0.250. The lowest BCUT2D eigenvalue weighted by Gasteiger charge is -2.26. The van der Waals surface area contributed by atoms with E-state index >= 15 is 0 Å². The van der Waals surface area contributed by atoms with Crippen LogP contribution in [-0.2, 0) is 0 Å². The molecular formula is C11H19ClO. The monoisotopic (exact) mass is 202 g/mol. The molecule has 3 atom stereocenters. The summed E-state index contributed by atoms with van der Waals surface area (Å²) in [5, 5.41) is 10.3. The van der Waals surface area contributed by atoms with Gasteiger partial charge in [-0.1, -0.05) is 27.2 Å². The van der Waals surface area contributed by atoms with E-state index in [0.29, 0.717) is 0 Å². The van der Waals surface area contributed by atoms with Gasteiger partial charge in [0.2, 0.25) is 0 Å². The third kappa shape index (κ3) is 1.16. The molecule has 1 nitrogen and oxygen atoms in total. The van der Waals surface area contributed by atoms with Gasteiger partial charge in [-0.3, -0.25) is 0 Å². The zero-order valence-electron chi connectivity index (χ0n) is 8.73. The van der Waals surface area contributed by atoms with E-state index in [0.717, 1.165) is 12.8 Å². The van der Waals surface area contributed by atoms with Crippen molar-refractivity contribution in [3.63, 3.8) is 0 Å². The Balaban J connectivity index is 2.24. The Morgan fingerprint density at radius 3 is 2.46 bits per heavy atom. The summed E-state index contributed by atoms with van der Waals surface area (Å²) in [6.45, 7) is 6.60. The fourth-order valence-electron chi connectivity index (χ4n) is 3.07. The Morgan fingerprint density at radius 2 is 1.85 bits per heavy atom. The van der Waals surface area contributed by atoms with Gasteiger partial charge in [0.1, 0.15) is 0 Å². The molecule has 2 aliphatic rings. The Morgan fingerprint density at radius 1 is 1.23 bits per heavy atom. The van der Waals surface area contributed by atoms with E-state index < -0.39 is 5.60 Å². The van der Waals surface area contributed by atoms with Crippen LogP contribution in [0.4, 0.5) is 0 Å². The fraction of sp³-hybridized carbons (Fsp3) is 1.00. The molecule has 0 heterocycles. The maximum atomic E-state index is 10.4. The van der Waals surface area contributed by atoms with Crippen LogP contribution in [0.2, 0.25) is 0 Å². The molecule has 2 fully saturated rings. The van der Waals surface area contributed by atoms with Crippen LogP contribution in [0.1, 0.15) is 46.5 Å². The zero-order chi connectivity index (χ0) is 9.91. The van der Waals surface area contributed by atoms with E-state index in [9.17, 15) is 5.11 Å². The predicted molar refractivity (Wildman–Crippen MR) is 54.9 cm³/mol. The van der Waals surface area contributed by atoms with Crippen LogP contribution in [0.5, 0.6) is 0 Å². The van der Waals surface area contributed by atoms with Gasteiger partial charge in [-0.25, -0.2) is 0 Å². The Labute approximate surface area is 85.5 Å². The molecule has 2 rings (SSSR count). The van der Waals surface area contributed by atoms with Crippen LogP contribution < -0.4 is 0 Å². The summed E-state index contributed by atoms with van der Waals surface area (Å²) in [6.07, 6.45) is 4.37. The van der Waals surface area contributed by atoms with Crippen molar-refractivity contribution in [1.82, 2.24) is 0 Å². The van der Waals surface area contributed by atoms with Crippen LogP contribution in [0.15, 0.2) is 0 Å². The molecule has 0 spiro atoms. The van der Waals surface area contributed by atoms with E-state index in [4.69, 9.17) is 11.6 Å². The average Bonchev–Trinajstić information content (AvgIpc) is 2.39. The topological polar surface area (TPSA) is 20.2 Å². The van der Waals surface area contributed by atoms with Crippen molar-refractivity contribution in [2.75, 3.05) is 0 Å². The summed E-state index contributed by atoms with van der Waals surface area (Å²) >= 11 is 6.19. The summed E-state index contributed by atoms with van der Waals surface area (Å²) in [6, 6.07) is 0. The van der Waals surface area contributed by atoms with Gasteiger partial charge in [0.05, 0.1) is 11.0 Å². The third-order valence-corrected chi connectivity index (χ3v) is 5.02. The van der Waals surface area contributed by atoms with Crippen LogP contribution in [0, 0.1) is 10.8 Å². The van der Waals surface area contributed by atoms with Crippen molar-refractivity contribution in [3.05, 3.63) is 0 Å². The molecule has 0 aromatic rings. The summed E-state index contributed by atoms with van der Waals surface area (Å²) in [7, 11) is 0. The van der Waals surface area contributed by atoms with Gasteiger partial charge < -0.3 is 5.11 Å². The van der Waals surface area contributed by atoms with Crippen molar-refractivity contribution in [2.24, 2.45) is 10.8 Å². The maximum Gasteiger partial charge on any atom is 0.0890 e. The summed E-state index contributed by atoms with van der Waals surface area (Å²) in [5.41, 5.74) is -0.312. The lowest BCUT2D eigenvalue weighted by atomic mass is 9.82. The highest BCUT2D eigenvalue weighted by atomic mass is 35.5. The highest BCUT2D eigenvalue weighted by molar-refractivity contribution is 6.24. The first-order chi connectivity index (χ1) is 5.82. The lowest BCUT2D eigenvalue weighted by molar-refractivity contribution is 0.0643. The van der Waals surface area contributed by atoms with E-state index in [1.807, 2.05) is 0 Å². The first kappa shape index (κ1) is 9.79. The van der Waals surface area contributed by atoms with E-state index in [2.05, 4.69) is 20.8 Å². The first-order valence-corrected chi connectivity index (χ1v) is 5.62. The molecule has 2 aliphatic carbocycles. The van der Waals surface area contributed by atoms with Crippen molar-refractivity contribution in [1.29, 1.82) is 0 Å². The van der Waals surface area contributed by atoms with Crippen LogP contribution in [-0.4, -0.2) is 16.1 Å². The fourth-order valence-corrected chi connectivity index (χ4v) is 3.63. The van der Waals surface area contributed by atoms with Gasteiger partial charge >= 0.3 is 0 Å². The van der Waals surface area contributed by atoms with E-state index in [-0.39, 0.29) is 16.2 Å². The van der Waals surface area contributed by atoms with Crippen LogP contribution >= 0.6 is 11.6 Å². The summed E-state index contributed by atoms with van der Waals surface area (Å²) in [4.78, 5) is 0. The molecule has 0 aromatic heterocycles. The molecule has 0 aromatic carbocycles. The van der Waals surface area contributed by atoms with Gasteiger partial charge in [-0.2, -0.15) is 0 Å². The minimum atomic E-state index is -0.575. The SMILES string of the molecule is CC1(C)CCCC2(C)C(Cl)C2(O)C1. The molecule has 2 saturated carbocycles. The van der Waals surface area contributed by atoms with Crippen molar-refractivity contribution < 1.29 is 5.11 Å². The molecule has 0 aliphatic heterocycles. The zero-order valence-corrected chi connectivity index (χ0v) is 9.49. The molecule has 1 N–H and O–H groups in total. The number of hydrogen-bond donors (Lipinski definition) is 1. The number of aliphatic hydroxyl groups is 1. The second-order valence-electron chi connectivity index (χ2n) is 5.90. The number of alkyl halides is 1. The van der Waals surface area contributed by atoms with E-state index in [1.54, 1.807) is 0 Å². The third-order valence-electron chi connectivity index (χ3n) is 4.18. The number of rotatable bonds is 0. The van der Waals surface area contributed by atoms with Crippen LogP contribution in [0.25, 0.3) is 0 Å². The van der Waals surface area contributed by atoms with Gasteiger partial charge in [0, 0.05) is 5.41 Å². The highest BCUT2D eigenvalue weighted by Gasteiger charge is 2.73. The first-order valence-electron chi connectivity index (χ1n) is 5.18. The minimum Gasteiger partial charge on any atom is -0.388 e. The minimum absolute atomic E-state index is 0.00231. The normalized spacial score (nSPS) is 53.8. The largest absolute Gasteiger partial charge is 0.388 e.